The minimum Gasteiger partial charge on any atom is -0.391 e. The molecule has 5 rings (SSSR count). The van der Waals surface area contributed by atoms with E-state index in [0.29, 0.717) is 35.7 Å². The molecule has 0 spiro atoms. The highest BCUT2D eigenvalue weighted by Gasteiger charge is 2.20. The van der Waals surface area contributed by atoms with Crippen molar-refractivity contribution in [3.8, 4) is 0 Å². The Morgan fingerprint density at radius 2 is 1.92 bits per heavy atom. The van der Waals surface area contributed by atoms with E-state index in [1.54, 1.807) is 22.7 Å². The predicted molar refractivity (Wildman–Crippen MR) is 139 cm³/mol. The Bertz CT molecular complexity index is 1410. The molecule has 0 radical (unpaired) electrons. The molecular formula is C28H29N5O3. The van der Waals surface area contributed by atoms with Crippen molar-refractivity contribution in [2.75, 3.05) is 23.3 Å². The fourth-order valence-electron chi connectivity index (χ4n) is 4.60. The van der Waals surface area contributed by atoms with Crippen LogP contribution in [-0.4, -0.2) is 45.5 Å². The summed E-state index contributed by atoms with van der Waals surface area (Å²) in [5, 5.41) is 16.0. The summed E-state index contributed by atoms with van der Waals surface area (Å²) in [5.41, 5.74) is 5.00. The van der Waals surface area contributed by atoms with Crippen molar-refractivity contribution in [2.45, 2.75) is 32.4 Å². The number of para-hydroxylation sites is 1. The molecule has 2 aromatic carbocycles. The second-order valence-corrected chi connectivity index (χ2v) is 9.11. The molecule has 0 saturated carbocycles. The van der Waals surface area contributed by atoms with E-state index in [1.807, 2.05) is 55.5 Å². The van der Waals surface area contributed by atoms with E-state index in [1.165, 1.54) is 6.20 Å². The van der Waals surface area contributed by atoms with Gasteiger partial charge in [0, 0.05) is 42.8 Å². The summed E-state index contributed by atoms with van der Waals surface area (Å²) in [6, 6.07) is 18.7. The van der Waals surface area contributed by atoms with Crippen LogP contribution in [0, 0.1) is 6.92 Å². The zero-order chi connectivity index (χ0) is 25.1. The maximum atomic E-state index is 13.0. The van der Waals surface area contributed by atoms with E-state index in [4.69, 9.17) is 0 Å². The van der Waals surface area contributed by atoms with Crippen LogP contribution in [0.3, 0.4) is 0 Å². The molecule has 36 heavy (non-hydrogen) atoms. The number of fused-ring (bicyclic) bond motifs is 1. The van der Waals surface area contributed by atoms with Gasteiger partial charge in [-0.15, -0.1) is 0 Å². The Labute approximate surface area is 209 Å². The molecule has 1 unspecified atom stereocenters. The van der Waals surface area contributed by atoms with E-state index in [0.717, 1.165) is 36.2 Å². The molecule has 4 aromatic rings. The van der Waals surface area contributed by atoms with Gasteiger partial charge in [-0.05, 0) is 61.2 Å². The van der Waals surface area contributed by atoms with Crippen molar-refractivity contribution < 1.29 is 14.7 Å². The summed E-state index contributed by atoms with van der Waals surface area (Å²) in [4.78, 5) is 32.4. The molecule has 2 aromatic heterocycles. The molecule has 1 fully saturated rings. The predicted octanol–water partition coefficient (Wildman–Crippen LogP) is 3.79. The third kappa shape index (κ3) is 4.94. The van der Waals surface area contributed by atoms with Crippen molar-refractivity contribution in [1.82, 2.24) is 14.7 Å². The lowest BCUT2D eigenvalue weighted by molar-refractivity contribution is 0.0949. The summed E-state index contributed by atoms with van der Waals surface area (Å²) >= 11 is 0. The minimum atomic E-state index is -0.330. The van der Waals surface area contributed by atoms with Crippen LogP contribution in [0.2, 0.25) is 0 Å². The normalized spacial score (nSPS) is 15.6. The number of piperidine rings is 1. The Hall–Kier alpha value is -4.17. The Balaban J connectivity index is 1.29. The van der Waals surface area contributed by atoms with Gasteiger partial charge in [0.2, 0.25) is 0 Å². The number of hydrogen-bond acceptors (Lipinski definition) is 5. The molecule has 0 bridgehead atoms. The molecule has 184 valence electrons. The number of pyridine rings is 1. The number of nitrogens with one attached hydrogen (secondary N) is 2. The van der Waals surface area contributed by atoms with Gasteiger partial charge in [0.1, 0.15) is 11.3 Å². The number of imidazole rings is 1. The van der Waals surface area contributed by atoms with Crippen LogP contribution < -0.4 is 15.5 Å². The van der Waals surface area contributed by atoms with Gasteiger partial charge < -0.3 is 20.6 Å². The zero-order valence-electron chi connectivity index (χ0n) is 20.1. The number of carbonyl (C=O) groups excluding carboxylic acids is 2. The number of carbonyl (C=O) groups is 2. The fraction of sp³-hybridized carbons (Fsp3) is 0.250. The molecule has 1 aliphatic rings. The van der Waals surface area contributed by atoms with Crippen LogP contribution in [-0.2, 0) is 6.54 Å². The van der Waals surface area contributed by atoms with Crippen LogP contribution in [0.4, 0.5) is 11.4 Å². The molecule has 8 heteroatoms. The van der Waals surface area contributed by atoms with E-state index in [9.17, 15) is 14.7 Å². The standard InChI is InChI=1S/C28H29N5O3/c1-19-11-12-20(15-23(19)31-28(36)25-17-29-26-10-4-5-14-33(25)26)27(35)30-16-21-7-2-3-9-24(21)32-13-6-8-22(34)18-32/h2-5,7,9-12,14-15,17,22,34H,6,8,13,16,18H2,1H3,(H,30,35)(H,31,36). The molecule has 3 heterocycles. The van der Waals surface area contributed by atoms with Crippen LogP contribution in [0.5, 0.6) is 0 Å². The Morgan fingerprint density at radius 1 is 1.08 bits per heavy atom. The van der Waals surface area contributed by atoms with Crippen molar-refractivity contribution in [3.05, 3.63) is 95.4 Å². The van der Waals surface area contributed by atoms with E-state index in [-0.39, 0.29) is 17.9 Å². The summed E-state index contributed by atoms with van der Waals surface area (Å²) < 4.78 is 1.72. The molecule has 1 saturated heterocycles. The first-order chi connectivity index (χ1) is 17.5. The minimum absolute atomic E-state index is 0.228. The highest BCUT2D eigenvalue weighted by molar-refractivity contribution is 6.05. The SMILES string of the molecule is Cc1ccc(C(=O)NCc2ccccc2N2CCCC(O)C2)cc1NC(=O)c1cnc2ccccn12. The first kappa shape index (κ1) is 23.6. The maximum Gasteiger partial charge on any atom is 0.274 e. The van der Waals surface area contributed by atoms with Crippen LogP contribution in [0.15, 0.2) is 73.1 Å². The molecule has 1 atom stereocenters. The van der Waals surface area contributed by atoms with Crippen LogP contribution in [0.25, 0.3) is 5.65 Å². The highest BCUT2D eigenvalue weighted by Crippen LogP contribution is 2.25. The zero-order valence-corrected chi connectivity index (χ0v) is 20.1. The lowest BCUT2D eigenvalue weighted by atomic mass is 10.0. The molecule has 1 aliphatic heterocycles. The molecule has 2 amide bonds. The smallest absolute Gasteiger partial charge is 0.274 e. The highest BCUT2D eigenvalue weighted by atomic mass is 16.3. The number of aromatic nitrogens is 2. The van der Waals surface area contributed by atoms with Gasteiger partial charge in [0.15, 0.2) is 0 Å². The first-order valence-electron chi connectivity index (χ1n) is 12.1. The third-order valence-electron chi connectivity index (χ3n) is 6.57. The van der Waals surface area contributed by atoms with Gasteiger partial charge in [-0.2, -0.15) is 0 Å². The van der Waals surface area contributed by atoms with Crippen LogP contribution in [0.1, 0.15) is 44.8 Å². The lowest BCUT2D eigenvalue weighted by Crippen LogP contribution is -2.39. The second kappa shape index (κ2) is 10.2. The Morgan fingerprint density at radius 3 is 2.78 bits per heavy atom. The van der Waals surface area contributed by atoms with Crippen molar-refractivity contribution in [2.24, 2.45) is 0 Å². The molecule has 8 nitrogen and oxygen atoms in total. The number of aliphatic hydroxyl groups excluding tert-OH is 1. The Kier molecular flexibility index (Phi) is 6.69. The summed E-state index contributed by atoms with van der Waals surface area (Å²) in [7, 11) is 0. The van der Waals surface area contributed by atoms with E-state index < -0.39 is 0 Å². The summed E-state index contributed by atoms with van der Waals surface area (Å²) in [6.45, 7) is 3.72. The quantitative estimate of drug-likeness (QED) is 0.388. The van der Waals surface area contributed by atoms with Gasteiger partial charge >= 0.3 is 0 Å². The monoisotopic (exact) mass is 483 g/mol. The van der Waals surface area contributed by atoms with Gasteiger partial charge in [-0.1, -0.05) is 30.3 Å². The number of aryl methyl sites for hydroxylation is 1. The molecular weight excluding hydrogens is 454 g/mol. The van der Waals surface area contributed by atoms with Gasteiger partial charge in [-0.25, -0.2) is 4.98 Å². The largest absolute Gasteiger partial charge is 0.391 e. The lowest BCUT2D eigenvalue weighted by Gasteiger charge is -2.33. The number of aliphatic hydroxyl groups is 1. The third-order valence-corrected chi connectivity index (χ3v) is 6.57. The number of β-amino-alcohol motifs (C(OH)–C–C–N with tert-alkyl or cyclic N) is 1. The topological polar surface area (TPSA) is 99.0 Å². The van der Waals surface area contributed by atoms with Crippen molar-refractivity contribution in [3.63, 3.8) is 0 Å². The maximum absolute atomic E-state index is 13.0. The second-order valence-electron chi connectivity index (χ2n) is 9.11. The van der Waals surface area contributed by atoms with Crippen LogP contribution >= 0.6 is 0 Å². The first-order valence-corrected chi connectivity index (χ1v) is 12.1. The summed E-state index contributed by atoms with van der Waals surface area (Å²) in [6.07, 6.45) is 4.75. The number of amides is 2. The average Bonchev–Trinajstić information content (AvgIpc) is 3.33. The van der Waals surface area contributed by atoms with Gasteiger partial charge in [-0.3, -0.25) is 14.0 Å². The van der Waals surface area contributed by atoms with Crippen molar-refractivity contribution >= 4 is 28.8 Å². The van der Waals surface area contributed by atoms with E-state index >= 15 is 0 Å². The number of hydrogen-bond donors (Lipinski definition) is 3. The van der Waals surface area contributed by atoms with Crippen molar-refractivity contribution in [1.29, 1.82) is 0 Å². The average molecular weight is 484 g/mol. The van der Waals surface area contributed by atoms with E-state index in [2.05, 4.69) is 20.5 Å². The number of nitrogens with zero attached hydrogens (tertiary/aromatic N) is 3. The number of rotatable bonds is 6. The summed E-state index contributed by atoms with van der Waals surface area (Å²) in [5.74, 6) is -0.527. The fourth-order valence-corrected chi connectivity index (χ4v) is 4.60. The molecule has 3 N–H and O–H groups in total. The number of anilines is 2. The van der Waals surface area contributed by atoms with Gasteiger partial charge in [0.25, 0.3) is 11.8 Å². The van der Waals surface area contributed by atoms with Gasteiger partial charge in [0.05, 0.1) is 12.3 Å². The molecule has 0 aliphatic carbocycles. The number of benzene rings is 2.